The van der Waals surface area contributed by atoms with Crippen molar-refractivity contribution in [3.63, 3.8) is 0 Å². The van der Waals surface area contributed by atoms with Gasteiger partial charge in [-0.1, -0.05) is 18.2 Å². The molecule has 0 unspecified atom stereocenters. The highest BCUT2D eigenvalue weighted by Gasteiger charge is 2.35. The zero-order valence-electron chi connectivity index (χ0n) is 15.3. The maximum absolute atomic E-state index is 12.8. The molecule has 3 aromatic rings. The number of hydrogen-bond acceptors (Lipinski definition) is 5. The Bertz CT molecular complexity index is 1070. The summed E-state index contributed by atoms with van der Waals surface area (Å²) in [4.78, 5) is 13.8. The average Bonchev–Trinajstić information content (AvgIpc) is 2.73. The monoisotopic (exact) mass is 395 g/mol. The van der Waals surface area contributed by atoms with Gasteiger partial charge in [0.15, 0.2) is 0 Å². The van der Waals surface area contributed by atoms with Crippen molar-refractivity contribution in [2.75, 3.05) is 6.54 Å². The number of rotatable bonds is 3. The van der Waals surface area contributed by atoms with Crippen molar-refractivity contribution >= 4 is 0 Å². The molecule has 1 aliphatic rings. The fraction of sp³-hybridized carbons (Fsp3) is 0.238. The van der Waals surface area contributed by atoms with E-state index in [9.17, 15) is 13.2 Å². The minimum Gasteiger partial charge on any atom is -0.294 e. The van der Waals surface area contributed by atoms with Crippen LogP contribution in [0.5, 0.6) is 0 Å². The summed E-state index contributed by atoms with van der Waals surface area (Å²) >= 11 is 0. The fourth-order valence-electron chi connectivity index (χ4n) is 3.34. The average molecular weight is 395 g/mol. The summed E-state index contributed by atoms with van der Waals surface area (Å²) in [5, 5.41) is 9.02. The summed E-state index contributed by atoms with van der Waals surface area (Å²) < 4.78 is 38.3. The van der Waals surface area contributed by atoms with Crippen LogP contribution in [-0.4, -0.2) is 26.4 Å². The second-order valence-corrected chi connectivity index (χ2v) is 6.87. The zero-order valence-corrected chi connectivity index (χ0v) is 15.3. The molecule has 0 amide bonds. The highest BCUT2D eigenvalue weighted by Crippen LogP contribution is 2.28. The molecular weight excluding hydrogens is 379 g/mol. The molecule has 146 valence electrons. The molecule has 0 saturated heterocycles. The minimum absolute atomic E-state index is 0.452. The van der Waals surface area contributed by atoms with Gasteiger partial charge in [-0.2, -0.15) is 18.4 Å². The largest absolute Gasteiger partial charge is 0.451 e. The van der Waals surface area contributed by atoms with Gasteiger partial charge in [0.25, 0.3) is 0 Å². The quantitative estimate of drug-likeness (QED) is 0.671. The standard InChI is InChI=1S/C21H16F3N5/c22-21(23,24)20-27-11-17-13-29(7-6-19(17)28-20)12-15-4-5-18(26-10-15)16-3-1-2-14(8-16)9-25/h1-5,8,10-11H,6-7,12-13H2. The smallest absolute Gasteiger partial charge is 0.294 e. The van der Waals surface area contributed by atoms with Crippen LogP contribution < -0.4 is 0 Å². The van der Waals surface area contributed by atoms with Crippen molar-refractivity contribution < 1.29 is 13.2 Å². The van der Waals surface area contributed by atoms with E-state index in [1.165, 1.54) is 6.20 Å². The third-order valence-corrected chi connectivity index (χ3v) is 4.78. The third kappa shape index (κ3) is 4.25. The molecule has 2 aromatic heterocycles. The summed E-state index contributed by atoms with van der Waals surface area (Å²) in [7, 11) is 0. The molecule has 0 saturated carbocycles. The number of nitriles is 1. The predicted molar refractivity (Wildman–Crippen MR) is 99.2 cm³/mol. The second-order valence-electron chi connectivity index (χ2n) is 6.87. The van der Waals surface area contributed by atoms with E-state index in [2.05, 4.69) is 25.9 Å². The summed E-state index contributed by atoms with van der Waals surface area (Å²) in [5.74, 6) is -1.08. The Hall–Kier alpha value is -3.31. The first kappa shape index (κ1) is 19.0. The van der Waals surface area contributed by atoms with Crippen molar-refractivity contribution in [1.82, 2.24) is 19.9 Å². The first-order valence-electron chi connectivity index (χ1n) is 9.02. The van der Waals surface area contributed by atoms with E-state index in [1.807, 2.05) is 24.3 Å². The first-order chi connectivity index (χ1) is 13.9. The number of hydrogen-bond donors (Lipinski definition) is 0. The van der Waals surface area contributed by atoms with Crippen molar-refractivity contribution in [2.45, 2.75) is 25.7 Å². The lowest BCUT2D eigenvalue weighted by atomic mass is 10.1. The lowest BCUT2D eigenvalue weighted by Gasteiger charge is -2.28. The Morgan fingerprint density at radius 3 is 2.69 bits per heavy atom. The summed E-state index contributed by atoms with van der Waals surface area (Å²) in [5.41, 5.74) is 4.43. The lowest BCUT2D eigenvalue weighted by Crippen LogP contribution is -2.31. The molecule has 8 heteroatoms. The van der Waals surface area contributed by atoms with E-state index < -0.39 is 12.0 Å². The Morgan fingerprint density at radius 2 is 1.97 bits per heavy atom. The van der Waals surface area contributed by atoms with E-state index in [0.29, 0.717) is 37.3 Å². The summed E-state index contributed by atoms with van der Waals surface area (Å²) in [6.45, 7) is 1.75. The Balaban J connectivity index is 1.45. The maximum Gasteiger partial charge on any atom is 0.451 e. The Labute approximate surface area is 165 Å². The van der Waals surface area contributed by atoms with E-state index in [4.69, 9.17) is 5.26 Å². The molecule has 5 nitrogen and oxygen atoms in total. The molecule has 0 spiro atoms. The number of aromatic nitrogens is 3. The van der Waals surface area contributed by atoms with Crippen LogP contribution in [0.15, 0.2) is 48.8 Å². The number of nitrogens with zero attached hydrogens (tertiary/aromatic N) is 5. The van der Waals surface area contributed by atoms with Gasteiger partial charge in [-0.25, -0.2) is 9.97 Å². The highest BCUT2D eigenvalue weighted by molar-refractivity contribution is 5.61. The lowest BCUT2D eigenvalue weighted by molar-refractivity contribution is -0.145. The van der Waals surface area contributed by atoms with Gasteiger partial charge in [0.05, 0.1) is 23.0 Å². The molecule has 1 aromatic carbocycles. The van der Waals surface area contributed by atoms with Gasteiger partial charge in [0.1, 0.15) is 0 Å². The van der Waals surface area contributed by atoms with Crippen LogP contribution in [0.4, 0.5) is 13.2 Å². The van der Waals surface area contributed by atoms with Gasteiger partial charge < -0.3 is 0 Å². The van der Waals surface area contributed by atoms with E-state index in [1.54, 1.807) is 18.3 Å². The van der Waals surface area contributed by atoms with Gasteiger partial charge in [-0.05, 0) is 23.8 Å². The Morgan fingerprint density at radius 1 is 1.10 bits per heavy atom. The van der Waals surface area contributed by atoms with Crippen molar-refractivity contribution in [1.29, 1.82) is 5.26 Å². The van der Waals surface area contributed by atoms with Gasteiger partial charge in [0.2, 0.25) is 5.82 Å². The molecule has 1 aliphatic heterocycles. The van der Waals surface area contributed by atoms with Crippen LogP contribution in [0.3, 0.4) is 0 Å². The summed E-state index contributed by atoms with van der Waals surface area (Å²) in [6.07, 6.45) is -1.01. The molecule has 0 N–H and O–H groups in total. The molecule has 0 radical (unpaired) electrons. The number of alkyl halides is 3. The van der Waals surface area contributed by atoms with Crippen LogP contribution in [0.1, 0.15) is 28.2 Å². The van der Waals surface area contributed by atoms with E-state index in [-0.39, 0.29) is 0 Å². The Kier molecular flexibility index (Phi) is 4.99. The van der Waals surface area contributed by atoms with E-state index in [0.717, 1.165) is 22.4 Å². The molecular formula is C21H16F3N5. The third-order valence-electron chi connectivity index (χ3n) is 4.78. The predicted octanol–water partition coefficient (Wildman–Crippen LogP) is 3.99. The number of pyridine rings is 1. The molecule has 29 heavy (non-hydrogen) atoms. The molecule has 0 bridgehead atoms. The molecule has 0 fully saturated rings. The SMILES string of the molecule is N#Cc1cccc(-c2ccc(CN3CCc4nc(C(F)(F)F)ncc4C3)cn2)c1. The highest BCUT2D eigenvalue weighted by atomic mass is 19.4. The second kappa shape index (κ2) is 7.60. The van der Waals surface area contributed by atoms with Crippen LogP contribution in [0.25, 0.3) is 11.3 Å². The number of fused-ring (bicyclic) bond motifs is 1. The van der Waals surface area contributed by atoms with Crippen molar-refractivity contribution in [3.8, 4) is 17.3 Å². The molecule has 0 atom stereocenters. The van der Waals surface area contributed by atoms with E-state index >= 15 is 0 Å². The fourth-order valence-corrected chi connectivity index (χ4v) is 3.34. The van der Waals surface area contributed by atoms with Crippen LogP contribution in [-0.2, 0) is 25.7 Å². The molecule has 4 rings (SSSR count). The van der Waals surface area contributed by atoms with Crippen molar-refractivity contribution in [3.05, 3.63) is 77.0 Å². The molecule has 3 heterocycles. The van der Waals surface area contributed by atoms with Gasteiger partial charge >= 0.3 is 6.18 Å². The first-order valence-corrected chi connectivity index (χ1v) is 9.02. The van der Waals surface area contributed by atoms with Crippen molar-refractivity contribution in [2.24, 2.45) is 0 Å². The van der Waals surface area contributed by atoms with Crippen LogP contribution in [0, 0.1) is 11.3 Å². The zero-order chi connectivity index (χ0) is 20.4. The normalized spacial score (nSPS) is 14.3. The summed E-state index contributed by atoms with van der Waals surface area (Å²) in [6, 6.07) is 13.2. The minimum atomic E-state index is -4.52. The maximum atomic E-state index is 12.8. The molecule has 0 aliphatic carbocycles. The number of benzene rings is 1. The van der Waals surface area contributed by atoms with Crippen LogP contribution in [0.2, 0.25) is 0 Å². The number of halogens is 3. The van der Waals surface area contributed by atoms with Gasteiger partial charge in [-0.15, -0.1) is 0 Å². The van der Waals surface area contributed by atoms with Gasteiger partial charge in [0, 0.05) is 49.6 Å². The van der Waals surface area contributed by atoms with Gasteiger partial charge in [-0.3, -0.25) is 9.88 Å². The topological polar surface area (TPSA) is 65.7 Å². The van der Waals surface area contributed by atoms with Crippen LogP contribution >= 0.6 is 0 Å².